The number of ketones is 2. The molecule has 1 aliphatic carbocycles. The highest BCUT2D eigenvalue weighted by atomic mass is 16.3. The molecule has 3 rings (SSSR count). The molecule has 0 aromatic heterocycles. The van der Waals surface area contributed by atoms with Crippen LogP contribution in [-0.2, 0) is 0 Å². The maximum Gasteiger partial charge on any atom is 0.196 e. The Labute approximate surface area is 121 Å². The van der Waals surface area contributed by atoms with E-state index in [4.69, 9.17) is 11.5 Å². The Balaban J connectivity index is 2.38. The normalized spacial score (nSPS) is 14.6. The van der Waals surface area contributed by atoms with Crippen LogP contribution in [0.1, 0.15) is 50.4 Å². The maximum absolute atomic E-state index is 12.6. The number of aliphatic hydroxyl groups is 1. The molecule has 0 bridgehead atoms. The molecule has 106 valence electrons. The second-order valence-electron chi connectivity index (χ2n) is 5.10. The van der Waals surface area contributed by atoms with Gasteiger partial charge in [-0.25, -0.2) is 0 Å². The number of nitrogen functional groups attached to an aromatic ring is 2. The van der Waals surface area contributed by atoms with Gasteiger partial charge in [0.25, 0.3) is 0 Å². The van der Waals surface area contributed by atoms with Crippen LogP contribution in [-0.4, -0.2) is 16.7 Å². The van der Waals surface area contributed by atoms with Crippen molar-refractivity contribution in [2.45, 2.75) is 13.0 Å². The van der Waals surface area contributed by atoms with Crippen LogP contribution in [0, 0.1) is 0 Å². The molecule has 5 N–H and O–H groups in total. The molecule has 0 spiro atoms. The maximum atomic E-state index is 12.6. The van der Waals surface area contributed by atoms with E-state index in [2.05, 4.69) is 0 Å². The first-order chi connectivity index (χ1) is 9.93. The molecule has 0 amide bonds. The van der Waals surface area contributed by atoms with Gasteiger partial charge in [-0.15, -0.1) is 0 Å². The average molecular weight is 282 g/mol. The summed E-state index contributed by atoms with van der Waals surface area (Å²) in [5, 5.41) is 9.75. The molecular formula is C16H14N2O3. The standard InChI is InChI=1S/C16H14N2O3/c1-7(19)10-6-11(17)12-13(14(10)18)16(21)9-5-3-2-4-8(9)15(12)20/h2-7,19H,17-18H2,1H3. The van der Waals surface area contributed by atoms with E-state index in [0.29, 0.717) is 16.7 Å². The molecule has 0 saturated carbocycles. The Kier molecular flexibility index (Phi) is 2.81. The first-order valence-electron chi connectivity index (χ1n) is 6.51. The summed E-state index contributed by atoms with van der Waals surface area (Å²) in [6.07, 6.45) is -0.877. The number of hydrogen-bond acceptors (Lipinski definition) is 5. The number of rotatable bonds is 1. The third-order valence-corrected chi connectivity index (χ3v) is 3.75. The predicted octanol–water partition coefficient (Wildman–Crippen LogP) is 1.68. The van der Waals surface area contributed by atoms with E-state index in [9.17, 15) is 14.7 Å². The van der Waals surface area contributed by atoms with Crippen molar-refractivity contribution in [3.8, 4) is 0 Å². The van der Waals surface area contributed by atoms with E-state index >= 15 is 0 Å². The zero-order valence-electron chi connectivity index (χ0n) is 11.4. The van der Waals surface area contributed by atoms with Crippen molar-refractivity contribution < 1.29 is 14.7 Å². The lowest BCUT2D eigenvalue weighted by Gasteiger charge is -2.23. The van der Waals surface area contributed by atoms with Gasteiger partial charge < -0.3 is 16.6 Å². The summed E-state index contributed by atoms with van der Waals surface area (Å²) in [5.41, 5.74) is 13.4. The van der Waals surface area contributed by atoms with Crippen molar-refractivity contribution in [3.63, 3.8) is 0 Å². The Morgan fingerprint density at radius 3 is 2.05 bits per heavy atom. The highest BCUT2D eigenvalue weighted by Crippen LogP contribution is 2.37. The molecule has 0 saturated heterocycles. The summed E-state index contributed by atoms with van der Waals surface area (Å²) >= 11 is 0. The van der Waals surface area contributed by atoms with E-state index in [1.807, 2.05) is 0 Å². The zero-order chi connectivity index (χ0) is 15.3. The molecular weight excluding hydrogens is 268 g/mol. The molecule has 2 aromatic carbocycles. The van der Waals surface area contributed by atoms with Gasteiger partial charge in [-0.2, -0.15) is 0 Å². The third-order valence-electron chi connectivity index (χ3n) is 3.75. The van der Waals surface area contributed by atoms with Gasteiger partial charge in [0.15, 0.2) is 11.6 Å². The number of carbonyl (C=O) groups excluding carboxylic acids is 2. The van der Waals surface area contributed by atoms with Gasteiger partial charge in [0.2, 0.25) is 0 Å². The van der Waals surface area contributed by atoms with E-state index in [-0.39, 0.29) is 34.1 Å². The van der Waals surface area contributed by atoms with Crippen LogP contribution in [0.5, 0.6) is 0 Å². The minimum atomic E-state index is -0.877. The Hall–Kier alpha value is -2.66. The quantitative estimate of drug-likeness (QED) is 0.589. The van der Waals surface area contributed by atoms with E-state index in [0.717, 1.165) is 0 Å². The van der Waals surface area contributed by atoms with Crippen LogP contribution in [0.15, 0.2) is 30.3 Å². The monoisotopic (exact) mass is 282 g/mol. The summed E-state index contributed by atoms with van der Waals surface area (Å²) in [6, 6.07) is 8.02. The lowest BCUT2D eigenvalue weighted by molar-refractivity contribution is 0.0980. The number of carbonyl (C=O) groups is 2. The predicted molar refractivity (Wildman–Crippen MR) is 79.2 cm³/mol. The fourth-order valence-corrected chi connectivity index (χ4v) is 2.72. The van der Waals surface area contributed by atoms with E-state index in [1.165, 1.54) is 13.0 Å². The molecule has 5 heteroatoms. The van der Waals surface area contributed by atoms with Gasteiger partial charge in [0.05, 0.1) is 17.2 Å². The van der Waals surface area contributed by atoms with Gasteiger partial charge >= 0.3 is 0 Å². The minimum absolute atomic E-state index is 0.0922. The van der Waals surface area contributed by atoms with Gasteiger partial charge in [0.1, 0.15) is 0 Å². The van der Waals surface area contributed by atoms with Gasteiger partial charge in [0, 0.05) is 28.1 Å². The molecule has 1 unspecified atom stereocenters. The topological polar surface area (TPSA) is 106 Å². The minimum Gasteiger partial charge on any atom is -0.398 e. The summed E-state index contributed by atoms with van der Waals surface area (Å²) in [6.45, 7) is 1.53. The highest BCUT2D eigenvalue weighted by molar-refractivity contribution is 6.31. The molecule has 1 aliphatic rings. The SMILES string of the molecule is CC(O)c1cc(N)c2c(c1N)C(=O)c1ccccc1C2=O. The molecule has 0 heterocycles. The molecule has 0 fully saturated rings. The van der Waals surface area contributed by atoms with E-state index < -0.39 is 6.10 Å². The molecule has 2 aromatic rings. The smallest absolute Gasteiger partial charge is 0.196 e. The molecule has 0 radical (unpaired) electrons. The zero-order valence-corrected chi connectivity index (χ0v) is 11.4. The Bertz CT molecular complexity index is 794. The lowest BCUT2D eigenvalue weighted by atomic mass is 9.81. The fourth-order valence-electron chi connectivity index (χ4n) is 2.72. The Morgan fingerprint density at radius 2 is 1.52 bits per heavy atom. The highest BCUT2D eigenvalue weighted by Gasteiger charge is 2.34. The number of anilines is 2. The van der Waals surface area contributed by atoms with Gasteiger partial charge in [-0.1, -0.05) is 24.3 Å². The summed E-state index contributed by atoms with van der Waals surface area (Å²) in [4.78, 5) is 25.2. The van der Waals surface area contributed by atoms with Crippen molar-refractivity contribution in [1.82, 2.24) is 0 Å². The average Bonchev–Trinajstić information content (AvgIpc) is 2.46. The second kappa shape index (κ2) is 4.43. The first kappa shape index (κ1) is 13.3. The third kappa shape index (κ3) is 1.75. The van der Waals surface area contributed by atoms with Gasteiger partial charge in [-0.05, 0) is 13.0 Å². The Morgan fingerprint density at radius 1 is 1.00 bits per heavy atom. The number of nitrogens with two attached hydrogens (primary N) is 2. The van der Waals surface area contributed by atoms with E-state index in [1.54, 1.807) is 24.3 Å². The molecule has 0 aliphatic heterocycles. The number of benzene rings is 2. The lowest BCUT2D eigenvalue weighted by Crippen LogP contribution is -2.24. The van der Waals surface area contributed by atoms with Crippen LogP contribution < -0.4 is 11.5 Å². The number of aliphatic hydroxyl groups excluding tert-OH is 1. The fraction of sp³-hybridized carbons (Fsp3) is 0.125. The summed E-state index contributed by atoms with van der Waals surface area (Å²) < 4.78 is 0. The van der Waals surface area contributed by atoms with Crippen molar-refractivity contribution in [2.75, 3.05) is 11.5 Å². The van der Waals surface area contributed by atoms with Crippen molar-refractivity contribution in [2.24, 2.45) is 0 Å². The summed E-state index contributed by atoms with van der Waals surface area (Å²) in [7, 11) is 0. The molecule has 5 nitrogen and oxygen atoms in total. The van der Waals surface area contributed by atoms with Crippen LogP contribution in [0.3, 0.4) is 0 Å². The summed E-state index contributed by atoms with van der Waals surface area (Å²) in [5.74, 6) is -0.659. The molecule has 21 heavy (non-hydrogen) atoms. The van der Waals surface area contributed by atoms with Crippen LogP contribution >= 0.6 is 0 Å². The van der Waals surface area contributed by atoms with Crippen LogP contribution in [0.4, 0.5) is 11.4 Å². The van der Waals surface area contributed by atoms with Crippen LogP contribution in [0.2, 0.25) is 0 Å². The van der Waals surface area contributed by atoms with Crippen molar-refractivity contribution in [1.29, 1.82) is 0 Å². The van der Waals surface area contributed by atoms with Crippen LogP contribution in [0.25, 0.3) is 0 Å². The van der Waals surface area contributed by atoms with Crippen molar-refractivity contribution >= 4 is 22.9 Å². The largest absolute Gasteiger partial charge is 0.398 e. The van der Waals surface area contributed by atoms with Crippen molar-refractivity contribution in [3.05, 3.63) is 58.1 Å². The second-order valence-corrected chi connectivity index (χ2v) is 5.10. The number of hydrogen-bond donors (Lipinski definition) is 3. The van der Waals surface area contributed by atoms with Gasteiger partial charge in [-0.3, -0.25) is 9.59 Å². The first-order valence-corrected chi connectivity index (χ1v) is 6.51. The molecule has 1 atom stereocenters. The number of fused-ring (bicyclic) bond motifs is 2.